The first-order valence-electron chi connectivity index (χ1n) is 8.94. The minimum absolute atomic E-state index is 0.201. The maximum atomic E-state index is 13.2. The number of carbonyl (C=O) groups excluding carboxylic acids is 1. The van der Waals surface area contributed by atoms with Crippen LogP contribution < -0.4 is 9.57 Å². The van der Waals surface area contributed by atoms with Crippen molar-refractivity contribution in [3.8, 4) is 11.5 Å². The number of methoxy groups -OCH3 is 1. The summed E-state index contributed by atoms with van der Waals surface area (Å²) in [5, 5.41) is 2.98. The number of carbonyl (C=O) groups is 1. The molecule has 0 spiro atoms. The second kappa shape index (κ2) is 6.88. The van der Waals surface area contributed by atoms with E-state index in [0.29, 0.717) is 17.1 Å². The minimum atomic E-state index is -0.201. The Morgan fingerprint density at radius 3 is 2.68 bits per heavy atom. The lowest BCUT2D eigenvalue weighted by atomic mass is 10.1. The van der Waals surface area contributed by atoms with Gasteiger partial charge in [0, 0.05) is 54.4 Å². The van der Waals surface area contributed by atoms with Crippen molar-refractivity contribution < 1.29 is 14.4 Å². The van der Waals surface area contributed by atoms with Gasteiger partial charge in [0.05, 0.1) is 18.2 Å². The molecule has 4 aromatic rings. The first-order valence-corrected chi connectivity index (χ1v) is 8.94. The topological polar surface area (TPSA) is 56.6 Å². The normalized spacial score (nSPS) is 11.0. The van der Waals surface area contributed by atoms with Crippen molar-refractivity contribution in [2.45, 2.75) is 6.92 Å². The van der Waals surface area contributed by atoms with Crippen LogP contribution in [0.3, 0.4) is 0 Å². The van der Waals surface area contributed by atoms with Crippen LogP contribution in [-0.2, 0) is 7.05 Å². The second-order valence-electron chi connectivity index (χ2n) is 6.62. The SMILES string of the molecule is COc1ccc2c(ON(C)C(=O)c3c(C)n(C)c4ccccc34)ccnc2c1. The highest BCUT2D eigenvalue weighted by molar-refractivity contribution is 6.08. The summed E-state index contributed by atoms with van der Waals surface area (Å²) in [6.07, 6.45) is 1.65. The number of pyridine rings is 1. The van der Waals surface area contributed by atoms with E-state index in [-0.39, 0.29) is 5.91 Å². The zero-order valence-corrected chi connectivity index (χ0v) is 16.3. The second-order valence-corrected chi connectivity index (χ2v) is 6.62. The standard InChI is InChI=1S/C22H21N3O3/c1-14-21(17-7-5-6-8-19(17)24(14)2)22(26)25(3)28-20-11-12-23-18-13-15(27-4)9-10-16(18)20/h5-13H,1-4H3. The van der Waals surface area contributed by atoms with Crippen LogP contribution in [0.4, 0.5) is 0 Å². The maximum absolute atomic E-state index is 13.2. The molecule has 0 fully saturated rings. The first kappa shape index (κ1) is 17.9. The van der Waals surface area contributed by atoms with Gasteiger partial charge in [0.25, 0.3) is 5.91 Å². The van der Waals surface area contributed by atoms with Gasteiger partial charge in [-0.3, -0.25) is 9.78 Å². The highest BCUT2D eigenvalue weighted by Crippen LogP contribution is 2.29. The van der Waals surface area contributed by atoms with Crippen molar-refractivity contribution in [1.29, 1.82) is 0 Å². The summed E-state index contributed by atoms with van der Waals surface area (Å²) >= 11 is 0. The van der Waals surface area contributed by atoms with Gasteiger partial charge in [-0.25, -0.2) is 0 Å². The van der Waals surface area contributed by atoms with Crippen LogP contribution in [0.1, 0.15) is 16.1 Å². The van der Waals surface area contributed by atoms with E-state index in [0.717, 1.165) is 27.5 Å². The van der Waals surface area contributed by atoms with Crippen LogP contribution >= 0.6 is 0 Å². The number of rotatable bonds is 4. The Hall–Kier alpha value is -3.54. The molecular weight excluding hydrogens is 354 g/mol. The van der Waals surface area contributed by atoms with Gasteiger partial charge in [-0.2, -0.15) is 5.06 Å². The van der Waals surface area contributed by atoms with Crippen molar-refractivity contribution in [3.63, 3.8) is 0 Å². The average Bonchev–Trinajstić information content (AvgIpc) is 2.97. The number of benzene rings is 2. The third-order valence-corrected chi connectivity index (χ3v) is 5.04. The molecule has 28 heavy (non-hydrogen) atoms. The summed E-state index contributed by atoms with van der Waals surface area (Å²) in [5.74, 6) is 1.07. The fourth-order valence-corrected chi connectivity index (χ4v) is 3.45. The van der Waals surface area contributed by atoms with Gasteiger partial charge >= 0.3 is 0 Å². The molecule has 1 amide bonds. The Morgan fingerprint density at radius 2 is 1.89 bits per heavy atom. The number of hydrogen-bond donors (Lipinski definition) is 0. The molecule has 142 valence electrons. The van der Waals surface area contributed by atoms with E-state index in [1.54, 1.807) is 26.4 Å². The van der Waals surface area contributed by atoms with Crippen molar-refractivity contribution in [3.05, 3.63) is 66.0 Å². The number of aromatic nitrogens is 2. The van der Waals surface area contributed by atoms with Gasteiger partial charge in [-0.05, 0) is 25.1 Å². The molecule has 6 nitrogen and oxygen atoms in total. The van der Waals surface area contributed by atoms with Crippen LogP contribution in [0, 0.1) is 6.92 Å². The molecule has 0 aliphatic heterocycles. The Kier molecular flexibility index (Phi) is 4.39. The molecule has 0 aliphatic carbocycles. The van der Waals surface area contributed by atoms with Crippen LogP contribution in [0.2, 0.25) is 0 Å². The van der Waals surface area contributed by atoms with Crippen LogP contribution in [0.5, 0.6) is 11.5 Å². The van der Waals surface area contributed by atoms with E-state index in [2.05, 4.69) is 4.98 Å². The van der Waals surface area contributed by atoms with Gasteiger partial charge in [-0.15, -0.1) is 0 Å². The third-order valence-electron chi connectivity index (χ3n) is 5.04. The maximum Gasteiger partial charge on any atom is 0.288 e. The monoisotopic (exact) mass is 375 g/mol. The molecule has 0 unspecified atom stereocenters. The number of nitrogens with zero attached hydrogens (tertiary/aromatic N) is 3. The quantitative estimate of drug-likeness (QED) is 0.504. The number of para-hydroxylation sites is 1. The lowest BCUT2D eigenvalue weighted by Crippen LogP contribution is -2.30. The van der Waals surface area contributed by atoms with E-state index in [4.69, 9.17) is 9.57 Å². The molecule has 2 aromatic carbocycles. The number of hydroxylamine groups is 2. The molecule has 6 heteroatoms. The Labute approximate surface area is 162 Å². The number of hydrogen-bond acceptors (Lipinski definition) is 4. The van der Waals surface area contributed by atoms with Crippen molar-refractivity contribution >= 4 is 27.7 Å². The number of aryl methyl sites for hydroxylation is 1. The summed E-state index contributed by atoms with van der Waals surface area (Å²) in [5.41, 5.74) is 3.28. The molecule has 0 atom stereocenters. The molecule has 0 N–H and O–H groups in total. The first-order chi connectivity index (χ1) is 13.5. The summed E-state index contributed by atoms with van der Waals surface area (Å²) in [4.78, 5) is 23.5. The van der Waals surface area contributed by atoms with Gasteiger partial charge in [0.1, 0.15) is 5.75 Å². The number of fused-ring (bicyclic) bond motifs is 2. The van der Waals surface area contributed by atoms with Gasteiger partial charge in [0.2, 0.25) is 0 Å². The summed E-state index contributed by atoms with van der Waals surface area (Å²) in [6, 6.07) is 15.1. The van der Waals surface area contributed by atoms with Crippen molar-refractivity contribution in [1.82, 2.24) is 14.6 Å². The summed E-state index contributed by atoms with van der Waals surface area (Å²) in [7, 11) is 5.19. The Bertz CT molecular complexity index is 1200. The fraction of sp³-hybridized carbons (Fsp3) is 0.182. The van der Waals surface area contributed by atoms with E-state index in [1.165, 1.54) is 5.06 Å². The van der Waals surface area contributed by atoms with E-state index >= 15 is 0 Å². The molecule has 0 aliphatic rings. The van der Waals surface area contributed by atoms with Gasteiger partial charge in [-0.1, -0.05) is 18.2 Å². The Balaban J connectivity index is 1.70. The predicted octanol–water partition coefficient (Wildman–Crippen LogP) is 4.11. The smallest absolute Gasteiger partial charge is 0.288 e. The average molecular weight is 375 g/mol. The lowest BCUT2D eigenvalue weighted by molar-refractivity contribution is -0.0126. The van der Waals surface area contributed by atoms with E-state index in [9.17, 15) is 4.79 Å². The van der Waals surface area contributed by atoms with Crippen LogP contribution in [0.15, 0.2) is 54.7 Å². The molecule has 4 rings (SSSR count). The molecule has 0 saturated carbocycles. The van der Waals surface area contributed by atoms with Crippen LogP contribution in [0.25, 0.3) is 21.8 Å². The zero-order chi connectivity index (χ0) is 19.8. The highest BCUT2D eigenvalue weighted by atomic mass is 16.7. The van der Waals surface area contributed by atoms with Gasteiger partial charge in [0.15, 0.2) is 5.75 Å². The fourth-order valence-electron chi connectivity index (χ4n) is 3.45. The number of amides is 1. The van der Waals surface area contributed by atoms with Crippen LogP contribution in [-0.4, -0.2) is 34.7 Å². The molecule has 2 heterocycles. The van der Waals surface area contributed by atoms with Crippen molar-refractivity contribution in [2.75, 3.05) is 14.2 Å². The summed E-state index contributed by atoms with van der Waals surface area (Å²) < 4.78 is 7.27. The van der Waals surface area contributed by atoms with Gasteiger partial charge < -0.3 is 14.1 Å². The van der Waals surface area contributed by atoms with E-state index < -0.39 is 0 Å². The highest BCUT2D eigenvalue weighted by Gasteiger charge is 2.23. The number of ether oxygens (including phenoxy) is 1. The molecule has 0 radical (unpaired) electrons. The minimum Gasteiger partial charge on any atom is -0.497 e. The molecule has 0 saturated heterocycles. The Morgan fingerprint density at radius 1 is 1.11 bits per heavy atom. The van der Waals surface area contributed by atoms with Crippen molar-refractivity contribution in [2.24, 2.45) is 7.05 Å². The molecular formula is C22H21N3O3. The largest absolute Gasteiger partial charge is 0.497 e. The molecule has 0 bridgehead atoms. The van der Waals surface area contributed by atoms with E-state index in [1.807, 2.05) is 61.0 Å². The zero-order valence-electron chi connectivity index (χ0n) is 16.3. The molecule has 2 aromatic heterocycles. The predicted molar refractivity (Wildman–Crippen MR) is 109 cm³/mol. The lowest BCUT2D eigenvalue weighted by Gasteiger charge is -2.19. The summed E-state index contributed by atoms with van der Waals surface area (Å²) in [6.45, 7) is 1.94. The third kappa shape index (κ3) is 2.83.